The Balaban J connectivity index is 1.62. The van der Waals surface area contributed by atoms with Crippen LogP contribution in [0, 0.1) is 11.3 Å². The van der Waals surface area contributed by atoms with Crippen LogP contribution in [0.25, 0.3) is 11.5 Å². The lowest BCUT2D eigenvalue weighted by molar-refractivity contribution is 0.445. The predicted octanol–water partition coefficient (Wildman–Crippen LogP) is 3.81. The van der Waals surface area contributed by atoms with E-state index < -0.39 is 10.0 Å². The lowest BCUT2D eigenvalue weighted by Gasteiger charge is -2.28. The van der Waals surface area contributed by atoms with E-state index in [0.29, 0.717) is 37.0 Å². The van der Waals surface area contributed by atoms with Crippen molar-refractivity contribution in [2.45, 2.75) is 31.7 Å². The fourth-order valence-corrected chi connectivity index (χ4v) is 5.33. The summed E-state index contributed by atoms with van der Waals surface area (Å²) in [6.07, 6.45) is 0.870. The van der Waals surface area contributed by atoms with Crippen molar-refractivity contribution < 1.29 is 12.8 Å². The number of nitrogens with zero attached hydrogens (tertiary/aromatic N) is 4. The number of nitriles is 1. The van der Waals surface area contributed by atoms with Gasteiger partial charge in [-0.1, -0.05) is 38.1 Å². The van der Waals surface area contributed by atoms with Gasteiger partial charge in [-0.05, 0) is 41.8 Å². The summed E-state index contributed by atoms with van der Waals surface area (Å²) in [5, 5.41) is 9.59. The van der Waals surface area contributed by atoms with Gasteiger partial charge in [-0.2, -0.15) is 14.6 Å². The van der Waals surface area contributed by atoms with Gasteiger partial charge in [-0.25, -0.2) is 8.42 Å². The summed E-state index contributed by atoms with van der Waals surface area (Å²) in [7, 11) is -3.53. The SMILES string of the molecule is CCN(CC)S(=O)(=O)c1ccc(-c2nc(C#N)c(N3CCc4ccccc4C3)o2)cc1. The first-order valence-corrected chi connectivity index (χ1v) is 11.7. The first kappa shape index (κ1) is 21.1. The zero-order valence-corrected chi connectivity index (χ0v) is 18.4. The van der Waals surface area contributed by atoms with Crippen LogP contribution in [-0.4, -0.2) is 37.3 Å². The van der Waals surface area contributed by atoms with Crippen molar-refractivity contribution in [1.82, 2.24) is 9.29 Å². The van der Waals surface area contributed by atoms with Gasteiger partial charge in [0.05, 0.1) is 4.90 Å². The zero-order chi connectivity index (χ0) is 22.0. The smallest absolute Gasteiger partial charge is 0.243 e. The second kappa shape index (κ2) is 8.53. The Morgan fingerprint density at radius 2 is 1.77 bits per heavy atom. The van der Waals surface area contributed by atoms with Crippen LogP contribution in [-0.2, 0) is 23.0 Å². The van der Waals surface area contributed by atoms with Crippen molar-refractivity contribution in [3.63, 3.8) is 0 Å². The number of sulfonamides is 1. The first-order chi connectivity index (χ1) is 15.0. The average Bonchev–Trinajstić information content (AvgIpc) is 3.24. The molecule has 0 bridgehead atoms. The van der Waals surface area contributed by atoms with E-state index in [9.17, 15) is 13.7 Å². The number of benzene rings is 2. The molecule has 0 aliphatic carbocycles. The molecule has 1 aliphatic heterocycles. The van der Waals surface area contributed by atoms with Gasteiger partial charge in [0.25, 0.3) is 0 Å². The van der Waals surface area contributed by atoms with Gasteiger partial charge in [0, 0.05) is 31.7 Å². The van der Waals surface area contributed by atoms with Gasteiger partial charge in [-0.3, -0.25) is 0 Å². The second-order valence-corrected chi connectivity index (χ2v) is 9.28. The van der Waals surface area contributed by atoms with Crippen LogP contribution in [0.1, 0.15) is 30.7 Å². The van der Waals surface area contributed by atoms with Gasteiger partial charge < -0.3 is 9.32 Å². The number of anilines is 1. The molecule has 7 nitrogen and oxygen atoms in total. The predicted molar refractivity (Wildman–Crippen MR) is 118 cm³/mol. The highest BCUT2D eigenvalue weighted by molar-refractivity contribution is 7.89. The third kappa shape index (κ3) is 3.94. The molecule has 3 aromatic rings. The summed E-state index contributed by atoms with van der Waals surface area (Å²) in [5.41, 5.74) is 3.37. The molecule has 1 aromatic heterocycles. The zero-order valence-electron chi connectivity index (χ0n) is 17.6. The Kier molecular flexibility index (Phi) is 5.81. The number of oxazole rings is 1. The second-order valence-electron chi connectivity index (χ2n) is 7.34. The minimum atomic E-state index is -3.53. The lowest BCUT2D eigenvalue weighted by Crippen LogP contribution is -2.30. The molecule has 0 radical (unpaired) electrons. The molecule has 0 amide bonds. The highest BCUT2D eigenvalue weighted by Gasteiger charge is 2.25. The van der Waals surface area contributed by atoms with Crippen molar-refractivity contribution in [3.8, 4) is 17.5 Å². The maximum atomic E-state index is 12.7. The number of rotatable bonds is 6. The summed E-state index contributed by atoms with van der Waals surface area (Å²) < 4.78 is 32.8. The molecule has 0 spiro atoms. The van der Waals surface area contributed by atoms with E-state index in [2.05, 4.69) is 23.2 Å². The minimum Gasteiger partial charge on any atom is -0.419 e. The van der Waals surface area contributed by atoms with Gasteiger partial charge in [0.1, 0.15) is 6.07 Å². The van der Waals surface area contributed by atoms with Crippen LogP contribution in [0.5, 0.6) is 0 Å². The highest BCUT2D eigenvalue weighted by Crippen LogP contribution is 2.32. The quantitative estimate of drug-likeness (QED) is 0.584. The van der Waals surface area contributed by atoms with E-state index in [4.69, 9.17) is 4.42 Å². The first-order valence-electron chi connectivity index (χ1n) is 10.3. The molecule has 0 atom stereocenters. The molecule has 0 saturated heterocycles. The van der Waals surface area contributed by atoms with E-state index in [1.807, 2.05) is 30.9 Å². The van der Waals surface area contributed by atoms with Crippen LogP contribution in [0.3, 0.4) is 0 Å². The summed E-state index contributed by atoms with van der Waals surface area (Å²) >= 11 is 0. The molecule has 0 fully saturated rings. The van der Waals surface area contributed by atoms with Crippen LogP contribution in [0.2, 0.25) is 0 Å². The average molecular weight is 437 g/mol. The molecule has 1 aliphatic rings. The molecule has 31 heavy (non-hydrogen) atoms. The van der Waals surface area contributed by atoms with Crippen LogP contribution in [0.4, 0.5) is 5.88 Å². The third-order valence-electron chi connectivity index (χ3n) is 5.58. The largest absolute Gasteiger partial charge is 0.419 e. The molecule has 0 N–H and O–H groups in total. The van der Waals surface area contributed by atoms with E-state index >= 15 is 0 Å². The van der Waals surface area contributed by atoms with E-state index in [0.717, 1.165) is 13.0 Å². The fourth-order valence-electron chi connectivity index (χ4n) is 3.87. The van der Waals surface area contributed by atoms with Crippen molar-refractivity contribution in [1.29, 1.82) is 5.26 Å². The van der Waals surface area contributed by atoms with Gasteiger partial charge >= 0.3 is 0 Å². The van der Waals surface area contributed by atoms with Gasteiger partial charge in [-0.15, -0.1) is 0 Å². The van der Waals surface area contributed by atoms with E-state index in [1.54, 1.807) is 24.3 Å². The molecule has 2 aromatic carbocycles. The van der Waals surface area contributed by atoms with Crippen LogP contribution in [0.15, 0.2) is 57.8 Å². The minimum absolute atomic E-state index is 0.222. The molecule has 2 heterocycles. The van der Waals surface area contributed by atoms with Crippen LogP contribution < -0.4 is 4.90 Å². The molecule has 0 unspecified atom stereocenters. The topological polar surface area (TPSA) is 90.4 Å². The Morgan fingerprint density at radius 1 is 1.10 bits per heavy atom. The normalized spacial score (nSPS) is 13.8. The number of hydrogen-bond acceptors (Lipinski definition) is 6. The lowest BCUT2D eigenvalue weighted by atomic mass is 10.00. The fraction of sp³-hybridized carbons (Fsp3) is 0.304. The summed E-state index contributed by atoms with van der Waals surface area (Å²) in [5.74, 6) is 0.754. The monoisotopic (exact) mass is 436 g/mol. The van der Waals surface area contributed by atoms with Crippen molar-refractivity contribution in [3.05, 3.63) is 65.4 Å². The molecule has 160 valence electrons. The molecular weight excluding hydrogens is 412 g/mol. The molecule has 4 rings (SSSR count). The van der Waals surface area contributed by atoms with Crippen molar-refractivity contribution >= 4 is 15.9 Å². The molecule has 8 heteroatoms. The summed E-state index contributed by atoms with van der Waals surface area (Å²) in [6, 6.07) is 16.8. The van der Waals surface area contributed by atoms with Gasteiger partial charge in [0.2, 0.25) is 27.5 Å². The number of fused-ring (bicyclic) bond motifs is 1. The summed E-state index contributed by atoms with van der Waals surface area (Å²) in [4.78, 5) is 6.61. The van der Waals surface area contributed by atoms with E-state index in [-0.39, 0.29) is 10.6 Å². The Morgan fingerprint density at radius 3 is 2.42 bits per heavy atom. The van der Waals surface area contributed by atoms with Crippen LogP contribution >= 0.6 is 0 Å². The number of aromatic nitrogens is 1. The maximum Gasteiger partial charge on any atom is 0.243 e. The third-order valence-corrected chi connectivity index (χ3v) is 7.64. The Hall–Kier alpha value is -3.15. The number of hydrogen-bond donors (Lipinski definition) is 0. The van der Waals surface area contributed by atoms with E-state index in [1.165, 1.54) is 15.4 Å². The van der Waals surface area contributed by atoms with Crippen molar-refractivity contribution in [2.24, 2.45) is 0 Å². The maximum absolute atomic E-state index is 12.7. The highest BCUT2D eigenvalue weighted by atomic mass is 32.2. The Labute approximate surface area is 182 Å². The van der Waals surface area contributed by atoms with Gasteiger partial charge in [0.15, 0.2) is 0 Å². The standard InChI is InChI=1S/C23H24N4O3S/c1-3-27(4-2)31(28,29)20-11-9-18(10-12-20)22-25-21(15-24)23(30-22)26-14-13-17-7-5-6-8-19(17)16-26/h5-12H,3-4,13-14,16H2,1-2H3. The van der Waals surface area contributed by atoms with Crippen molar-refractivity contribution in [2.75, 3.05) is 24.5 Å². The Bertz CT molecular complexity index is 1220. The summed E-state index contributed by atoms with van der Waals surface area (Å²) in [6.45, 7) is 5.84. The molecular formula is C23H24N4O3S. The molecule has 0 saturated carbocycles.